The van der Waals surface area contributed by atoms with Gasteiger partial charge in [-0.3, -0.25) is 0 Å². The fourth-order valence-electron chi connectivity index (χ4n) is 0.591. The highest BCUT2D eigenvalue weighted by atomic mass is 16.5. The first kappa shape index (κ1) is 11.2. The largest absolute Gasteiger partial charge is 0.460 e. The molecule has 70 valence electrons. The first-order chi connectivity index (χ1) is 5.25. The van der Waals surface area contributed by atoms with Gasteiger partial charge in [0.2, 0.25) is 0 Å². The van der Waals surface area contributed by atoms with Crippen LogP contribution in [-0.4, -0.2) is 12.1 Å². The van der Waals surface area contributed by atoms with E-state index in [9.17, 15) is 4.79 Å². The maximum atomic E-state index is 11.3. The fraction of sp³-hybridized carbons (Fsp3) is 0.700. The van der Waals surface area contributed by atoms with Crippen molar-refractivity contribution in [1.29, 1.82) is 0 Å². The molecular formula is C10H18O2. The molecule has 0 aliphatic carbocycles. The van der Waals surface area contributed by atoms with Crippen molar-refractivity contribution < 1.29 is 9.53 Å². The molecule has 0 saturated carbocycles. The molecule has 0 aliphatic heterocycles. The van der Waals surface area contributed by atoms with Crippen LogP contribution in [0.2, 0.25) is 0 Å². The van der Waals surface area contributed by atoms with E-state index >= 15 is 0 Å². The third-order valence-electron chi connectivity index (χ3n) is 1.49. The summed E-state index contributed by atoms with van der Waals surface area (Å²) in [5, 5.41) is 0. The summed E-state index contributed by atoms with van der Waals surface area (Å²) in [7, 11) is 0. The highest BCUT2D eigenvalue weighted by Gasteiger charge is 2.23. The van der Waals surface area contributed by atoms with E-state index in [1.807, 2.05) is 34.6 Å². The molecule has 0 atom stereocenters. The van der Waals surface area contributed by atoms with Crippen molar-refractivity contribution in [1.82, 2.24) is 0 Å². The van der Waals surface area contributed by atoms with Crippen LogP contribution in [0.15, 0.2) is 12.2 Å². The smallest absolute Gasteiger partial charge is 0.334 e. The maximum Gasteiger partial charge on any atom is 0.334 e. The van der Waals surface area contributed by atoms with Crippen LogP contribution in [0, 0.1) is 5.41 Å². The predicted octanol–water partition coefficient (Wildman–Crippen LogP) is 2.54. The van der Waals surface area contributed by atoms with Gasteiger partial charge in [-0.2, -0.15) is 0 Å². The van der Waals surface area contributed by atoms with Crippen molar-refractivity contribution in [2.24, 2.45) is 5.41 Å². The second kappa shape index (κ2) is 3.74. The van der Waals surface area contributed by atoms with E-state index in [1.165, 1.54) is 0 Å². The molecule has 0 saturated heterocycles. The van der Waals surface area contributed by atoms with Crippen molar-refractivity contribution in [3.05, 3.63) is 12.2 Å². The molecular weight excluding hydrogens is 152 g/mol. The third-order valence-corrected chi connectivity index (χ3v) is 1.49. The van der Waals surface area contributed by atoms with Gasteiger partial charge in [0, 0.05) is 5.57 Å². The second-order valence-electron chi connectivity index (χ2n) is 4.18. The Morgan fingerprint density at radius 3 is 2.00 bits per heavy atom. The molecule has 0 rings (SSSR count). The minimum Gasteiger partial charge on any atom is -0.460 e. The van der Waals surface area contributed by atoms with E-state index < -0.39 is 0 Å². The number of rotatable bonds is 2. The first-order valence-corrected chi connectivity index (χ1v) is 4.15. The molecule has 0 heterocycles. The van der Waals surface area contributed by atoms with E-state index in [1.54, 1.807) is 0 Å². The summed E-state index contributed by atoms with van der Waals surface area (Å²) in [5.41, 5.74) is 0.322. The normalized spacial score (nSPS) is 11.5. The van der Waals surface area contributed by atoms with Gasteiger partial charge in [-0.1, -0.05) is 27.4 Å². The Morgan fingerprint density at radius 2 is 1.75 bits per heavy atom. The Hall–Kier alpha value is -0.790. The summed E-state index contributed by atoms with van der Waals surface area (Å²) >= 11 is 0. The highest BCUT2D eigenvalue weighted by Crippen LogP contribution is 2.24. The zero-order valence-electron chi connectivity index (χ0n) is 8.60. The quantitative estimate of drug-likeness (QED) is 0.470. The molecule has 0 spiro atoms. The zero-order chi connectivity index (χ0) is 9.94. The van der Waals surface area contributed by atoms with Gasteiger partial charge >= 0.3 is 5.97 Å². The van der Waals surface area contributed by atoms with E-state index in [2.05, 4.69) is 6.58 Å². The molecule has 12 heavy (non-hydrogen) atoms. The Balaban J connectivity index is 4.22. The predicted molar refractivity (Wildman–Crippen MR) is 49.8 cm³/mol. The zero-order valence-corrected chi connectivity index (χ0v) is 8.60. The van der Waals surface area contributed by atoms with E-state index in [-0.39, 0.29) is 17.5 Å². The van der Waals surface area contributed by atoms with Gasteiger partial charge in [-0.05, 0) is 19.3 Å². The highest BCUT2D eigenvalue weighted by molar-refractivity contribution is 5.89. The molecule has 0 amide bonds. The lowest BCUT2D eigenvalue weighted by molar-refractivity contribution is -0.143. The lowest BCUT2D eigenvalue weighted by atomic mass is 9.88. The van der Waals surface area contributed by atoms with Gasteiger partial charge < -0.3 is 4.74 Å². The van der Waals surface area contributed by atoms with E-state index in [4.69, 9.17) is 4.74 Å². The SMILES string of the molecule is C=C(C(=O)OC(C)C)C(C)(C)C. The fourth-order valence-corrected chi connectivity index (χ4v) is 0.591. The van der Waals surface area contributed by atoms with Gasteiger partial charge in [-0.25, -0.2) is 4.79 Å². The lowest BCUT2D eigenvalue weighted by Crippen LogP contribution is -2.21. The number of carbonyl (C=O) groups is 1. The van der Waals surface area contributed by atoms with Gasteiger partial charge in [0.1, 0.15) is 0 Å². The molecule has 0 aromatic carbocycles. The molecule has 0 aromatic heterocycles. The molecule has 2 nitrogen and oxygen atoms in total. The minimum atomic E-state index is -0.294. The van der Waals surface area contributed by atoms with Crippen LogP contribution in [0.5, 0.6) is 0 Å². The summed E-state index contributed by atoms with van der Waals surface area (Å²) in [4.78, 5) is 11.3. The van der Waals surface area contributed by atoms with Gasteiger partial charge in [0.05, 0.1) is 6.10 Å². The third kappa shape index (κ3) is 3.56. The molecule has 0 bridgehead atoms. The second-order valence-corrected chi connectivity index (χ2v) is 4.18. The summed E-state index contributed by atoms with van der Waals surface area (Å²) < 4.78 is 5.00. The van der Waals surface area contributed by atoms with Crippen molar-refractivity contribution in [2.75, 3.05) is 0 Å². The van der Waals surface area contributed by atoms with Crippen molar-refractivity contribution in [3.8, 4) is 0 Å². The van der Waals surface area contributed by atoms with E-state index in [0.717, 1.165) is 0 Å². The van der Waals surface area contributed by atoms with Crippen molar-refractivity contribution in [2.45, 2.75) is 40.7 Å². The summed E-state index contributed by atoms with van der Waals surface area (Å²) in [6.45, 7) is 13.2. The van der Waals surface area contributed by atoms with Crippen LogP contribution < -0.4 is 0 Å². The molecule has 0 N–H and O–H groups in total. The van der Waals surface area contributed by atoms with Crippen LogP contribution in [0.4, 0.5) is 0 Å². The lowest BCUT2D eigenvalue weighted by Gasteiger charge is -2.20. The Labute approximate surface area is 74.6 Å². The monoisotopic (exact) mass is 170 g/mol. The standard InChI is InChI=1S/C10H18O2/c1-7(2)12-9(11)8(3)10(4,5)6/h7H,3H2,1-2,4-6H3. The van der Waals surface area contributed by atoms with Crippen molar-refractivity contribution >= 4 is 5.97 Å². The number of ether oxygens (including phenoxy) is 1. The van der Waals surface area contributed by atoms with Crippen LogP contribution in [0.3, 0.4) is 0 Å². The average Bonchev–Trinajstić information content (AvgIpc) is 1.82. The molecule has 2 heteroatoms. The van der Waals surface area contributed by atoms with Crippen molar-refractivity contribution in [3.63, 3.8) is 0 Å². The number of hydrogen-bond donors (Lipinski definition) is 0. The van der Waals surface area contributed by atoms with E-state index in [0.29, 0.717) is 5.57 Å². The maximum absolute atomic E-state index is 11.3. The molecule has 0 aromatic rings. The summed E-state index contributed by atoms with van der Waals surface area (Å²) in [6, 6.07) is 0. The average molecular weight is 170 g/mol. The van der Waals surface area contributed by atoms with Gasteiger partial charge in [-0.15, -0.1) is 0 Å². The molecule has 0 radical (unpaired) electrons. The summed E-state index contributed by atoms with van der Waals surface area (Å²) in [5.74, 6) is -0.294. The number of hydrogen-bond acceptors (Lipinski definition) is 2. The minimum absolute atomic E-state index is 0.0726. The van der Waals surface area contributed by atoms with Crippen LogP contribution in [0.1, 0.15) is 34.6 Å². The van der Waals surface area contributed by atoms with Crippen LogP contribution >= 0.6 is 0 Å². The molecule has 0 fully saturated rings. The van der Waals surface area contributed by atoms with Crippen LogP contribution in [0.25, 0.3) is 0 Å². The number of esters is 1. The van der Waals surface area contributed by atoms with Gasteiger partial charge in [0.15, 0.2) is 0 Å². The Morgan fingerprint density at radius 1 is 1.33 bits per heavy atom. The summed E-state index contributed by atoms with van der Waals surface area (Å²) in [6.07, 6.45) is -0.0726. The first-order valence-electron chi connectivity index (χ1n) is 4.15. The molecule has 0 unspecified atom stereocenters. The topological polar surface area (TPSA) is 26.3 Å². The Bertz CT molecular complexity index is 185. The van der Waals surface area contributed by atoms with Gasteiger partial charge in [0.25, 0.3) is 0 Å². The molecule has 0 aliphatic rings. The van der Waals surface area contributed by atoms with Crippen LogP contribution in [-0.2, 0) is 9.53 Å². The number of carbonyl (C=O) groups excluding carboxylic acids is 1. The Kier molecular flexibility index (Phi) is 3.50.